The molecule has 1 unspecified atom stereocenters. The number of aryl methyl sites for hydroxylation is 1. The number of likely N-dealkylation sites (tertiary alicyclic amines) is 1. The zero-order chi connectivity index (χ0) is 28.1. The molecule has 1 N–H and O–H groups in total. The monoisotopic (exact) mass is 537 g/mol. The zero-order valence-electron chi connectivity index (χ0n) is 22.6. The molecule has 2 aromatic carbocycles. The van der Waals surface area contributed by atoms with E-state index in [2.05, 4.69) is 4.90 Å². The predicted molar refractivity (Wildman–Crippen MR) is 145 cm³/mol. The molecule has 2 heterocycles. The Morgan fingerprint density at radius 2 is 1.82 bits per heavy atom. The first kappa shape index (κ1) is 28.3. The number of nitrogens with zero attached hydrogens (tertiary/aromatic N) is 3. The Labute approximate surface area is 228 Å². The highest BCUT2D eigenvalue weighted by atomic mass is 16.6. The van der Waals surface area contributed by atoms with Gasteiger partial charge in [0.25, 0.3) is 17.4 Å². The van der Waals surface area contributed by atoms with Gasteiger partial charge in [-0.25, -0.2) is 0 Å². The number of carbonyl (C=O) groups is 2. The Morgan fingerprint density at radius 1 is 1.13 bits per heavy atom. The molecule has 2 aliphatic heterocycles. The maximum atomic E-state index is 13.3. The number of nitro groups is 1. The van der Waals surface area contributed by atoms with Gasteiger partial charge in [-0.05, 0) is 60.7 Å². The number of rotatable bonds is 10. The lowest BCUT2D eigenvalue weighted by atomic mass is 9.94. The summed E-state index contributed by atoms with van der Waals surface area (Å²) in [5, 5.41) is 22.6. The molecule has 2 aromatic rings. The summed E-state index contributed by atoms with van der Waals surface area (Å²) in [5.74, 6) is -0.740. The molecular formula is C29H35N3O7. The first-order valence-electron chi connectivity index (χ1n) is 13.2. The van der Waals surface area contributed by atoms with Gasteiger partial charge in [0.1, 0.15) is 11.5 Å². The summed E-state index contributed by atoms with van der Waals surface area (Å²) in [4.78, 5) is 41.0. The number of non-ortho nitro benzene ring substituents is 1. The molecule has 39 heavy (non-hydrogen) atoms. The molecule has 0 spiro atoms. The van der Waals surface area contributed by atoms with Crippen molar-refractivity contribution in [1.82, 2.24) is 9.80 Å². The maximum Gasteiger partial charge on any atom is 0.295 e. The molecular weight excluding hydrogens is 502 g/mol. The van der Waals surface area contributed by atoms with Crippen molar-refractivity contribution < 1.29 is 29.1 Å². The molecule has 0 saturated carbocycles. The fourth-order valence-corrected chi connectivity index (χ4v) is 4.90. The van der Waals surface area contributed by atoms with Crippen LogP contribution in [-0.2, 0) is 14.3 Å². The predicted octanol–water partition coefficient (Wildman–Crippen LogP) is 4.08. The number of ketones is 1. The topological polar surface area (TPSA) is 122 Å². The molecule has 1 atom stereocenters. The first-order chi connectivity index (χ1) is 18.7. The number of aliphatic hydroxyl groups is 1. The Morgan fingerprint density at radius 3 is 2.44 bits per heavy atom. The number of morpholine rings is 1. The van der Waals surface area contributed by atoms with Gasteiger partial charge < -0.3 is 19.5 Å². The second-order valence-corrected chi connectivity index (χ2v) is 10.3. The van der Waals surface area contributed by atoms with Crippen LogP contribution in [0.5, 0.6) is 5.75 Å². The highest BCUT2D eigenvalue weighted by Crippen LogP contribution is 2.40. The van der Waals surface area contributed by atoms with Crippen LogP contribution in [0, 0.1) is 23.0 Å². The summed E-state index contributed by atoms with van der Waals surface area (Å²) in [6.45, 7) is 10.5. The fourth-order valence-electron chi connectivity index (χ4n) is 4.90. The average Bonchev–Trinajstić information content (AvgIpc) is 3.17. The largest absolute Gasteiger partial charge is 0.507 e. The Hall–Kier alpha value is -3.76. The summed E-state index contributed by atoms with van der Waals surface area (Å²) in [7, 11) is 0. The number of benzene rings is 2. The number of amides is 1. The number of nitro benzene ring substituents is 1. The summed E-state index contributed by atoms with van der Waals surface area (Å²) in [5.41, 5.74) is 1.56. The quantitative estimate of drug-likeness (QED) is 0.158. The molecule has 2 aliphatic rings. The highest BCUT2D eigenvalue weighted by Gasteiger charge is 2.46. The zero-order valence-corrected chi connectivity index (χ0v) is 22.6. The van der Waals surface area contributed by atoms with E-state index in [0.717, 1.165) is 25.2 Å². The molecule has 208 valence electrons. The van der Waals surface area contributed by atoms with Gasteiger partial charge in [-0.2, -0.15) is 0 Å². The van der Waals surface area contributed by atoms with Gasteiger partial charge in [0.2, 0.25) is 0 Å². The van der Waals surface area contributed by atoms with Crippen molar-refractivity contribution >= 4 is 23.1 Å². The number of hydrogen-bond donors (Lipinski definition) is 1. The van der Waals surface area contributed by atoms with E-state index in [1.807, 2.05) is 20.8 Å². The fraction of sp³-hybridized carbons (Fsp3) is 0.448. The van der Waals surface area contributed by atoms with E-state index < -0.39 is 22.7 Å². The summed E-state index contributed by atoms with van der Waals surface area (Å²) in [6, 6.07) is 10.0. The number of ether oxygens (including phenoxy) is 2. The number of aliphatic hydroxyl groups excluding tert-OH is 1. The van der Waals surface area contributed by atoms with Crippen LogP contribution in [-0.4, -0.2) is 77.5 Å². The van der Waals surface area contributed by atoms with E-state index >= 15 is 0 Å². The second kappa shape index (κ2) is 12.4. The molecule has 0 aliphatic carbocycles. The van der Waals surface area contributed by atoms with Crippen LogP contribution in [0.3, 0.4) is 0 Å². The van der Waals surface area contributed by atoms with Gasteiger partial charge in [-0.3, -0.25) is 24.6 Å². The van der Waals surface area contributed by atoms with Crippen LogP contribution in [0.2, 0.25) is 0 Å². The molecule has 4 rings (SSSR count). The SMILES string of the molecule is Cc1cc(/C(O)=C2\C(=O)C(=O)N(CCCN3CCOCC3)C2c2ccc([N+](=O)[O-])cc2)ccc1OCC(C)C. The second-order valence-electron chi connectivity index (χ2n) is 10.3. The van der Waals surface area contributed by atoms with Gasteiger partial charge >= 0.3 is 0 Å². The van der Waals surface area contributed by atoms with Crippen molar-refractivity contribution in [3.8, 4) is 5.75 Å². The van der Waals surface area contributed by atoms with Crippen LogP contribution >= 0.6 is 0 Å². The molecule has 0 aromatic heterocycles. The van der Waals surface area contributed by atoms with Gasteiger partial charge in [0.15, 0.2) is 0 Å². The van der Waals surface area contributed by atoms with Crippen molar-refractivity contribution in [2.75, 3.05) is 46.0 Å². The van der Waals surface area contributed by atoms with Gasteiger partial charge in [0, 0.05) is 43.9 Å². The van der Waals surface area contributed by atoms with Gasteiger partial charge in [-0.15, -0.1) is 0 Å². The lowest BCUT2D eigenvalue weighted by Crippen LogP contribution is -2.38. The smallest absolute Gasteiger partial charge is 0.295 e. The minimum atomic E-state index is -0.868. The van der Waals surface area contributed by atoms with Gasteiger partial charge in [0.05, 0.1) is 36.4 Å². The van der Waals surface area contributed by atoms with Crippen molar-refractivity contribution in [2.45, 2.75) is 33.2 Å². The van der Waals surface area contributed by atoms with Crippen LogP contribution in [0.25, 0.3) is 5.76 Å². The number of hydrogen-bond acceptors (Lipinski definition) is 8. The van der Waals surface area contributed by atoms with Crippen LogP contribution in [0.1, 0.15) is 43.0 Å². The summed E-state index contributed by atoms with van der Waals surface area (Å²) >= 11 is 0. The highest BCUT2D eigenvalue weighted by molar-refractivity contribution is 6.46. The molecule has 10 heteroatoms. The van der Waals surface area contributed by atoms with Crippen molar-refractivity contribution in [3.63, 3.8) is 0 Å². The van der Waals surface area contributed by atoms with E-state index in [-0.39, 0.29) is 17.0 Å². The molecule has 2 fully saturated rings. The normalized spacial score (nSPS) is 19.6. The third-order valence-electron chi connectivity index (χ3n) is 6.96. The molecule has 1 amide bonds. The van der Waals surface area contributed by atoms with Crippen molar-refractivity contribution in [3.05, 3.63) is 74.8 Å². The Bertz CT molecular complexity index is 1250. The Kier molecular flexibility index (Phi) is 8.98. The minimum absolute atomic E-state index is 0.0320. The number of carbonyl (C=O) groups excluding carboxylic acids is 2. The maximum absolute atomic E-state index is 13.3. The lowest BCUT2D eigenvalue weighted by molar-refractivity contribution is -0.384. The third kappa shape index (κ3) is 6.46. The van der Waals surface area contributed by atoms with Crippen LogP contribution in [0.15, 0.2) is 48.0 Å². The first-order valence-corrected chi connectivity index (χ1v) is 13.2. The summed E-state index contributed by atoms with van der Waals surface area (Å²) in [6.07, 6.45) is 0.623. The van der Waals surface area contributed by atoms with Crippen LogP contribution in [0.4, 0.5) is 5.69 Å². The third-order valence-corrected chi connectivity index (χ3v) is 6.96. The number of Topliss-reactive ketones (excluding diaryl/α,β-unsaturated/α-hetero) is 1. The van der Waals surface area contributed by atoms with Crippen LogP contribution < -0.4 is 4.74 Å². The standard InChI is InChI=1S/C29H35N3O7/c1-19(2)18-39-24-10-7-22(17-20(24)3)27(33)25-26(21-5-8-23(9-6-21)32(36)37)31(29(35)28(25)34)12-4-11-30-13-15-38-16-14-30/h5-10,17,19,26,33H,4,11-16,18H2,1-3H3/b27-25+. The minimum Gasteiger partial charge on any atom is -0.507 e. The van der Waals surface area contributed by atoms with E-state index in [4.69, 9.17) is 9.47 Å². The summed E-state index contributed by atoms with van der Waals surface area (Å²) < 4.78 is 11.2. The molecule has 10 nitrogen and oxygen atoms in total. The Balaban J connectivity index is 1.67. The van der Waals surface area contributed by atoms with Crippen molar-refractivity contribution in [1.29, 1.82) is 0 Å². The van der Waals surface area contributed by atoms with E-state index in [1.165, 1.54) is 29.2 Å². The van der Waals surface area contributed by atoms with E-state index in [1.54, 1.807) is 18.2 Å². The molecule has 0 radical (unpaired) electrons. The molecule has 2 saturated heterocycles. The lowest BCUT2D eigenvalue weighted by Gasteiger charge is -2.29. The average molecular weight is 538 g/mol. The van der Waals surface area contributed by atoms with Crippen molar-refractivity contribution in [2.24, 2.45) is 5.92 Å². The van der Waals surface area contributed by atoms with Gasteiger partial charge in [-0.1, -0.05) is 13.8 Å². The molecule has 0 bridgehead atoms. The van der Waals surface area contributed by atoms with E-state index in [0.29, 0.717) is 55.6 Å². The van der Waals surface area contributed by atoms with E-state index in [9.17, 15) is 24.8 Å².